The predicted octanol–water partition coefficient (Wildman–Crippen LogP) is 1.80. The Balaban J connectivity index is 1.85. The smallest absolute Gasteiger partial charge is 0.337 e. The molecule has 8 nitrogen and oxygen atoms in total. The van der Waals surface area contributed by atoms with Gasteiger partial charge in [-0.3, -0.25) is 0 Å². The molecule has 0 saturated carbocycles. The number of hydrogen-bond donors (Lipinski definition) is 2. The van der Waals surface area contributed by atoms with E-state index in [-0.39, 0.29) is 17.8 Å². The first-order valence-electron chi connectivity index (χ1n) is 8.59. The number of ether oxygens (including phenoxy) is 1. The van der Waals surface area contributed by atoms with Crippen LogP contribution < -0.4 is 10.6 Å². The van der Waals surface area contributed by atoms with Crippen molar-refractivity contribution in [2.24, 2.45) is 0 Å². The van der Waals surface area contributed by atoms with Crippen LogP contribution in [-0.2, 0) is 14.8 Å². The van der Waals surface area contributed by atoms with E-state index in [1.54, 1.807) is 18.2 Å². The van der Waals surface area contributed by atoms with E-state index >= 15 is 0 Å². The Morgan fingerprint density at radius 2 is 1.96 bits per heavy atom. The van der Waals surface area contributed by atoms with Crippen molar-refractivity contribution in [2.75, 3.05) is 31.3 Å². The molecule has 2 amide bonds. The van der Waals surface area contributed by atoms with Gasteiger partial charge >= 0.3 is 12.0 Å². The van der Waals surface area contributed by atoms with E-state index < -0.39 is 16.0 Å². The number of methoxy groups -OCH3 is 1. The summed E-state index contributed by atoms with van der Waals surface area (Å²) in [6.07, 6.45) is 1.73. The maximum atomic E-state index is 12.1. The molecule has 1 aromatic carbocycles. The fraction of sp³-hybridized carbons (Fsp3) is 0.529. The lowest BCUT2D eigenvalue weighted by molar-refractivity contribution is 0.0600. The van der Waals surface area contributed by atoms with Gasteiger partial charge in [-0.15, -0.1) is 0 Å². The first-order valence-corrected chi connectivity index (χ1v) is 10.2. The molecule has 0 bridgehead atoms. The fourth-order valence-corrected chi connectivity index (χ4v) is 4.40. The fourth-order valence-electron chi connectivity index (χ4n) is 2.86. The third-order valence-electron chi connectivity index (χ3n) is 4.19. The molecule has 1 fully saturated rings. The normalized spacial score (nSPS) is 16.1. The van der Waals surface area contributed by atoms with E-state index in [0.29, 0.717) is 43.6 Å². The maximum Gasteiger partial charge on any atom is 0.337 e. The lowest BCUT2D eigenvalue weighted by Crippen LogP contribution is -2.47. The summed E-state index contributed by atoms with van der Waals surface area (Å²) < 4.78 is 30.3. The minimum Gasteiger partial charge on any atom is -0.465 e. The Morgan fingerprint density at radius 3 is 2.58 bits per heavy atom. The number of sulfonamides is 1. The summed E-state index contributed by atoms with van der Waals surface area (Å²) in [4.78, 5) is 23.7. The summed E-state index contributed by atoms with van der Waals surface area (Å²) in [6.45, 7) is 2.65. The topological polar surface area (TPSA) is 105 Å². The standard InChI is InChI=1S/C17H25N3O5S/c1-3-11-26(23,24)20-9-7-14(8-10-20)18-17(22)19-15-6-4-5-13(12-15)16(21)25-2/h4-6,12,14H,3,7-11H2,1-2H3,(H2,18,19,22). The molecule has 144 valence electrons. The second-order valence-electron chi connectivity index (χ2n) is 6.16. The van der Waals surface area contributed by atoms with Crippen LogP contribution in [0.25, 0.3) is 0 Å². The molecule has 0 spiro atoms. The summed E-state index contributed by atoms with van der Waals surface area (Å²) in [5.41, 5.74) is 0.827. The van der Waals surface area contributed by atoms with E-state index in [2.05, 4.69) is 15.4 Å². The lowest BCUT2D eigenvalue weighted by atomic mass is 10.1. The van der Waals surface area contributed by atoms with E-state index in [9.17, 15) is 18.0 Å². The molecule has 1 aliphatic heterocycles. The van der Waals surface area contributed by atoms with Gasteiger partial charge in [-0.25, -0.2) is 22.3 Å². The molecular formula is C17H25N3O5S. The summed E-state index contributed by atoms with van der Waals surface area (Å²) in [5, 5.41) is 5.53. The molecule has 9 heteroatoms. The van der Waals surface area contributed by atoms with Gasteiger partial charge in [0.1, 0.15) is 0 Å². The van der Waals surface area contributed by atoms with Crippen molar-refractivity contribution in [1.29, 1.82) is 0 Å². The van der Waals surface area contributed by atoms with Crippen molar-refractivity contribution in [3.05, 3.63) is 29.8 Å². The Hall–Kier alpha value is -2.13. The summed E-state index contributed by atoms with van der Waals surface area (Å²) in [5.74, 6) is -0.322. The Bertz CT molecular complexity index is 743. The van der Waals surface area contributed by atoms with Gasteiger partial charge in [0.05, 0.1) is 18.4 Å². The molecule has 1 aliphatic rings. The monoisotopic (exact) mass is 383 g/mol. The van der Waals surface area contributed by atoms with Crippen LogP contribution >= 0.6 is 0 Å². The minimum absolute atomic E-state index is 0.0909. The number of anilines is 1. The second-order valence-corrected chi connectivity index (χ2v) is 8.25. The van der Waals surface area contributed by atoms with Crippen molar-refractivity contribution in [3.8, 4) is 0 Å². The van der Waals surface area contributed by atoms with Crippen LogP contribution in [-0.4, -0.2) is 56.7 Å². The average Bonchev–Trinajstić information content (AvgIpc) is 2.61. The number of rotatable bonds is 6. The van der Waals surface area contributed by atoms with Crippen LogP contribution in [0, 0.1) is 0 Å². The molecule has 1 saturated heterocycles. The van der Waals surface area contributed by atoms with E-state index in [1.165, 1.54) is 17.5 Å². The van der Waals surface area contributed by atoms with Gasteiger partial charge in [-0.1, -0.05) is 13.0 Å². The molecule has 2 N–H and O–H groups in total. The zero-order chi connectivity index (χ0) is 19.2. The molecule has 1 heterocycles. The van der Waals surface area contributed by atoms with Crippen molar-refractivity contribution < 1.29 is 22.7 Å². The van der Waals surface area contributed by atoms with Gasteiger partial charge in [0.15, 0.2) is 0 Å². The van der Waals surface area contributed by atoms with Crippen LogP contribution in [0.15, 0.2) is 24.3 Å². The number of amides is 2. The number of urea groups is 1. The summed E-state index contributed by atoms with van der Waals surface area (Å²) in [7, 11) is -1.89. The second kappa shape index (κ2) is 9.00. The van der Waals surface area contributed by atoms with Crippen molar-refractivity contribution in [1.82, 2.24) is 9.62 Å². The van der Waals surface area contributed by atoms with E-state index in [4.69, 9.17) is 0 Å². The molecule has 26 heavy (non-hydrogen) atoms. The van der Waals surface area contributed by atoms with Gasteiger partial charge in [0.25, 0.3) is 0 Å². The SMILES string of the molecule is CCCS(=O)(=O)N1CCC(NC(=O)Nc2cccc(C(=O)OC)c2)CC1. The minimum atomic E-state index is -3.19. The lowest BCUT2D eigenvalue weighted by Gasteiger charge is -2.31. The van der Waals surface area contributed by atoms with Gasteiger partial charge < -0.3 is 15.4 Å². The van der Waals surface area contributed by atoms with Crippen LogP contribution in [0.1, 0.15) is 36.5 Å². The molecule has 0 aromatic heterocycles. The third-order valence-corrected chi connectivity index (χ3v) is 6.26. The highest BCUT2D eigenvalue weighted by molar-refractivity contribution is 7.89. The van der Waals surface area contributed by atoms with Crippen LogP contribution in [0.4, 0.5) is 10.5 Å². The zero-order valence-corrected chi connectivity index (χ0v) is 15.8. The number of carbonyl (C=O) groups is 2. The molecule has 2 rings (SSSR count). The van der Waals surface area contributed by atoms with E-state index in [1.807, 2.05) is 6.92 Å². The molecule has 1 aromatic rings. The van der Waals surface area contributed by atoms with Crippen LogP contribution in [0.5, 0.6) is 0 Å². The average molecular weight is 383 g/mol. The highest BCUT2D eigenvalue weighted by atomic mass is 32.2. The first kappa shape index (κ1) is 20.2. The maximum absolute atomic E-state index is 12.1. The number of benzene rings is 1. The Kier molecular flexibility index (Phi) is 6.98. The Morgan fingerprint density at radius 1 is 1.27 bits per heavy atom. The van der Waals surface area contributed by atoms with Gasteiger partial charge in [0.2, 0.25) is 10.0 Å². The molecule has 0 atom stereocenters. The summed E-state index contributed by atoms with van der Waals surface area (Å²) in [6, 6.07) is 5.98. The number of nitrogens with zero attached hydrogens (tertiary/aromatic N) is 1. The number of esters is 1. The highest BCUT2D eigenvalue weighted by Gasteiger charge is 2.27. The Labute approximate surface area is 153 Å². The highest BCUT2D eigenvalue weighted by Crippen LogP contribution is 2.16. The predicted molar refractivity (Wildman–Crippen MR) is 98.6 cm³/mol. The first-order chi connectivity index (χ1) is 12.4. The number of carbonyl (C=O) groups excluding carboxylic acids is 2. The van der Waals surface area contributed by atoms with Crippen molar-refractivity contribution in [3.63, 3.8) is 0 Å². The number of piperidine rings is 1. The molecule has 0 radical (unpaired) electrons. The van der Waals surface area contributed by atoms with E-state index in [0.717, 1.165) is 0 Å². The van der Waals surface area contributed by atoms with Gasteiger partial charge in [-0.2, -0.15) is 0 Å². The number of hydrogen-bond acceptors (Lipinski definition) is 5. The quantitative estimate of drug-likeness (QED) is 0.729. The van der Waals surface area contributed by atoms with Crippen LogP contribution in [0.3, 0.4) is 0 Å². The largest absolute Gasteiger partial charge is 0.465 e. The van der Waals surface area contributed by atoms with Gasteiger partial charge in [-0.05, 0) is 37.5 Å². The van der Waals surface area contributed by atoms with Crippen molar-refractivity contribution in [2.45, 2.75) is 32.2 Å². The third kappa shape index (κ3) is 5.43. The molecule has 0 aliphatic carbocycles. The molecule has 0 unspecified atom stereocenters. The van der Waals surface area contributed by atoms with Crippen LogP contribution in [0.2, 0.25) is 0 Å². The van der Waals surface area contributed by atoms with Gasteiger partial charge in [0, 0.05) is 24.8 Å². The zero-order valence-electron chi connectivity index (χ0n) is 15.0. The molecular weight excluding hydrogens is 358 g/mol. The number of nitrogens with one attached hydrogen (secondary N) is 2. The van der Waals surface area contributed by atoms with Crippen molar-refractivity contribution >= 4 is 27.7 Å². The summed E-state index contributed by atoms with van der Waals surface area (Å²) >= 11 is 0.